The molecule has 24 heavy (non-hydrogen) atoms. The number of hydrogen-bond acceptors (Lipinski definition) is 6. The van der Waals surface area contributed by atoms with Crippen LogP contribution in [0.1, 0.15) is 37.5 Å². The van der Waals surface area contributed by atoms with E-state index in [2.05, 4.69) is 4.98 Å². The molecule has 0 spiro atoms. The SMILES string of the molecule is CC(=O)c1sc2nc(C(F)(F)F)c(C(=O)c3cccs3)cc2c1N. The molecule has 0 aromatic carbocycles. The molecule has 0 aliphatic rings. The molecule has 3 heterocycles. The fraction of sp³-hybridized carbons (Fsp3) is 0.133. The summed E-state index contributed by atoms with van der Waals surface area (Å²) in [6.07, 6.45) is -4.80. The van der Waals surface area contributed by atoms with Gasteiger partial charge in [-0.05, 0) is 17.5 Å². The number of fused-ring (bicyclic) bond motifs is 1. The number of rotatable bonds is 3. The number of nitrogens with two attached hydrogens (primary N) is 1. The molecule has 0 fully saturated rings. The topological polar surface area (TPSA) is 73.0 Å². The zero-order valence-electron chi connectivity index (χ0n) is 12.1. The number of ketones is 2. The maximum Gasteiger partial charge on any atom is 0.434 e. The van der Waals surface area contributed by atoms with Crippen LogP contribution in [0.2, 0.25) is 0 Å². The minimum Gasteiger partial charge on any atom is -0.397 e. The number of pyridine rings is 1. The Labute approximate surface area is 141 Å². The quantitative estimate of drug-likeness (QED) is 0.694. The summed E-state index contributed by atoms with van der Waals surface area (Å²) in [6.45, 7) is 1.27. The molecule has 0 saturated heterocycles. The van der Waals surface area contributed by atoms with Crippen molar-refractivity contribution in [3.8, 4) is 0 Å². The molecule has 3 aromatic heterocycles. The lowest BCUT2D eigenvalue weighted by Crippen LogP contribution is -2.15. The van der Waals surface area contributed by atoms with Crippen molar-refractivity contribution in [2.45, 2.75) is 13.1 Å². The number of alkyl halides is 3. The minimum atomic E-state index is -4.80. The molecule has 2 N–H and O–H groups in total. The van der Waals surface area contributed by atoms with Crippen molar-refractivity contribution in [2.24, 2.45) is 0 Å². The first kappa shape index (κ1) is 16.6. The molecule has 0 bridgehead atoms. The Balaban J connectivity index is 2.31. The van der Waals surface area contributed by atoms with E-state index in [0.717, 1.165) is 28.7 Å². The van der Waals surface area contributed by atoms with Crippen molar-refractivity contribution in [3.63, 3.8) is 0 Å². The first-order valence-electron chi connectivity index (χ1n) is 6.59. The van der Waals surface area contributed by atoms with Gasteiger partial charge in [0.15, 0.2) is 11.5 Å². The summed E-state index contributed by atoms with van der Waals surface area (Å²) in [6, 6.07) is 4.09. The number of hydrogen-bond donors (Lipinski definition) is 1. The number of anilines is 1. The lowest BCUT2D eigenvalue weighted by atomic mass is 10.0. The molecule has 0 atom stereocenters. The summed E-state index contributed by atoms with van der Waals surface area (Å²) >= 11 is 1.82. The van der Waals surface area contributed by atoms with E-state index in [9.17, 15) is 22.8 Å². The fourth-order valence-electron chi connectivity index (χ4n) is 2.23. The van der Waals surface area contributed by atoms with Crippen molar-refractivity contribution < 1.29 is 22.8 Å². The van der Waals surface area contributed by atoms with Gasteiger partial charge in [0.05, 0.1) is 21.0 Å². The second kappa shape index (κ2) is 5.67. The third kappa shape index (κ3) is 2.69. The maximum absolute atomic E-state index is 13.3. The van der Waals surface area contributed by atoms with Crippen molar-refractivity contribution in [2.75, 3.05) is 5.73 Å². The van der Waals surface area contributed by atoms with E-state index in [0.29, 0.717) is 0 Å². The number of nitrogen functional groups attached to an aromatic ring is 1. The molecule has 3 rings (SSSR count). The van der Waals surface area contributed by atoms with Crippen LogP contribution in [-0.2, 0) is 6.18 Å². The Morgan fingerprint density at radius 1 is 1.29 bits per heavy atom. The van der Waals surface area contributed by atoms with Gasteiger partial charge < -0.3 is 5.73 Å². The standard InChI is InChI=1S/C15H9F3N2O2S2/c1-6(21)12-10(19)7-5-8(11(22)9-3-2-4-23-9)13(15(16,17)18)20-14(7)24-12/h2-5H,19H2,1H3. The third-order valence-corrected chi connectivity index (χ3v) is 5.38. The van der Waals surface area contributed by atoms with Gasteiger partial charge in [-0.15, -0.1) is 22.7 Å². The number of Topliss-reactive ketones (excluding diaryl/α,β-unsaturated/α-hetero) is 1. The van der Waals surface area contributed by atoms with E-state index in [-0.39, 0.29) is 31.4 Å². The van der Waals surface area contributed by atoms with Crippen molar-refractivity contribution >= 4 is 50.1 Å². The monoisotopic (exact) mass is 370 g/mol. The minimum absolute atomic E-state index is 0.0206. The molecular weight excluding hydrogens is 361 g/mol. The van der Waals surface area contributed by atoms with Gasteiger partial charge in [-0.2, -0.15) is 13.2 Å². The van der Waals surface area contributed by atoms with Gasteiger partial charge in [-0.25, -0.2) is 4.98 Å². The Hall–Kier alpha value is -2.26. The number of nitrogens with zero attached hydrogens (tertiary/aromatic N) is 1. The van der Waals surface area contributed by atoms with E-state index in [1.54, 1.807) is 11.4 Å². The number of aromatic nitrogens is 1. The van der Waals surface area contributed by atoms with Gasteiger partial charge in [0.1, 0.15) is 4.83 Å². The first-order valence-corrected chi connectivity index (χ1v) is 8.29. The van der Waals surface area contributed by atoms with Crippen molar-refractivity contribution in [1.82, 2.24) is 4.98 Å². The highest BCUT2D eigenvalue weighted by molar-refractivity contribution is 7.21. The van der Waals surface area contributed by atoms with Crippen LogP contribution in [-0.4, -0.2) is 16.6 Å². The number of carbonyl (C=O) groups excluding carboxylic acids is 2. The average Bonchev–Trinajstić information content (AvgIpc) is 3.13. The largest absolute Gasteiger partial charge is 0.434 e. The summed E-state index contributed by atoms with van der Waals surface area (Å²) in [5, 5.41) is 1.78. The summed E-state index contributed by atoms with van der Waals surface area (Å²) in [5.74, 6) is -1.14. The zero-order valence-corrected chi connectivity index (χ0v) is 13.7. The third-order valence-electron chi connectivity index (χ3n) is 3.30. The molecule has 0 saturated carbocycles. The summed E-state index contributed by atoms with van der Waals surface area (Å²) in [5.41, 5.74) is 4.05. The van der Waals surface area contributed by atoms with Crippen LogP contribution in [0, 0.1) is 0 Å². The van der Waals surface area contributed by atoms with Crippen LogP contribution in [0.15, 0.2) is 23.6 Å². The van der Waals surface area contributed by atoms with Crippen LogP contribution >= 0.6 is 22.7 Å². The van der Waals surface area contributed by atoms with E-state index in [1.807, 2.05) is 0 Å². The molecule has 0 unspecified atom stereocenters. The summed E-state index contributed by atoms with van der Waals surface area (Å²) in [4.78, 5) is 27.8. The van der Waals surface area contributed by atoms with Crippen LogP contribution < -0.4 is 5.73 Å². The zero-order chi connectivity index (χ0) is 17.6. The fourth-order valence-corrected chi connectivity index (χ4v) is 3.88. The van der Waals surface area contributed by atoms with Crippen LogP contribution in [0.4, 0.5) is 18.9 Å². The second-order valence-corrected chi connectivity index (χ2v) is 6.89. The van der Waals surface area contributed by atoms with Gasteiger partial charge >= 0.3 is 6.18 Å². The predicted octanol–water partition coefficient (Wildman–Crippen LogP) is 4.39. The molecule has 3 aromatic rings. The van der Waals surface area contributed by atoms with E-state index in [4.69, 9.17) is 5.73 Å². The molecule has 0 amide bonds. The normalized spacial score (nSPS) is 11.8. The highest BCUT2D eigenvalue weighted by atomic mass is 32.1. The summed E-state index contributed by atoms with van der Waals surface area (Å²) in [7, 11) is 0. The van der Waals surface area contributed by atoms with Gasteiger partial charge in [-0.3, -0.25) is 9.59 Å². The lowest BCUT2D eigenvalue weighted by Gasteiger charge is -2.11. The molecule has 4 nitrogen and oxygen atoms in total. The highest BCUT2D eigenvalue weighted by Crippen LogP contribution is 2.39. The highest BCUT2D eigenvalue weighted by Gasteiger charge is 2.38. The molecule has 0 aliphatic heterocycles. The molecule has 0 aliphatic carbocycles. The van der Waals surface area contributed by atoms with Crippen LogP contribution in [0.25, 0.3) is 10.2 Å². The van der Waals surface area contributed by atoms with E-state index in [1.165, 1.54) is 13.0 Å². The molecule has 0 radical (unpaired) electrons. The van der Waals surface area contributed by atoms with Crippen molar-refractivity contribution in [3.05, 3.63) is 44.6 Å². The van der Waals surface area contributed by atoms with Gasteiger partial charge in [0.2, 0.25) is 5.78 Å². The lowest BCUT2D eigenvalue weighted by molar-refractivity contribution is -0.141. The Morgan fingerprint density at radius 3 is 2.54 bits per heavy atom. The molecular formula is C15H9F3N2O2S2. The average molecular weight is 370 g/mol. The molecule has 9 heteroatoms. The van der Waals surface area contributed by atoms with E-state index < -0.39 is 23.2 Å². The Bertz CT molecular complexity index is 959. The molecule has 124 valence electrons. The predicted molar refractivity (Wildman–Crippen MR) is 86.8 cm³/mol. The van der Waals surface area contributed by atoms with Gasteiger partial charge in [0, 0.05) is 12.3 Å². The maximum atomic E-state index is 13.3. The number of halogens is 3. The smallest absolute Gasteiger partial charge is 0.397 e. The second-order valence-electron chi connectivity index (χ2n) is 4.94. The summed E-state index contributed by atoms with van der Waals surface area (Å²) < 4.78 is 40.0. The number of carbonyl (C=O) groups is 2. The first-order chi connectivity index (χ1) is 11.2. The van der Waals surface area contributed by atoms with Crippen LogP contribution in [0.5, 0.6) is 0 Å². The van der Waals surface area contributed by atoms with E-state index >= 15 is 0 Å². The van der Waals surface area contributed by atoms with Crippen molar-refractivity contribution in [1.29, 1.82) is 0 Å². The number of thiophene rings is 2. The van der Waals surface area contributed by atoms with Gasteiger partial charge in [0.25, 0.3) is 0 Å². The van der Waals surface area contributed by atoms with Gasteiger partial charge in [-0.1, -0.05) is 6.07 Å². The Kier molecular flexibility index (Phi) is 3.92. The van der Waals surface area contributed by atoms with Crippen LogP contribution in [0.3, 0.4) is 0 Å². The Morgan fingerprint density at radius 2 is 2.00 bits per heavy atom.